The molecule has 0 spiro atoms. The second kappa shape index (κ2) is 7.69. The van der Waals surface area contributed by atoms with E-state index >= 15 is 0 Å². The van der Waals surface area contributed by atoms with Gasteiger partial charge in [-0.15, -0.1) is 0 Å². The fourth-order valence-electron chi connectivity index (χ4n) is 2.98. The van der Waals surface area contributed by atoms with E-state index in [-0.39, 0.29) is 41.7 Å². The van der Waals surface area contributed by atoms with Gasteiger partial charge in [-0.25, -0.2) is 9.97 Å². The molecule has 0 unspecified atom stereocenters. The predicted molar refractivity (Wildman–Crippen MR) is 95.6 cm³/mol. The van der Waals surface area contributed by atoms with E-state index in [9.17, 15) is 22.8 Å². The number of aromatic nitrogens is 2. The first-order chi connectivity index (χ1) is 13.1. The maximum Gasteiger partial charge on any atom is 0.416 e. The maximum atomic E-state index is 13.0. The Morgan fingerprint density at radius 2 is 1.89 bits per heavy atom. The number of hydrogen-bond acceptors (Lipinski definition) is 4. The molecule has 28 heavy (non-hydrogen) atoms. The van der Waals surface area contributed by atoms with Crippen LogP contribution in [0.15, 0.2) is 24.3 Å². The van der Waals surface area contributed by atoms with E-state index in [4.69, 9.17) is 0 Å². The molecule has 0 saturated heterocycles. The fraction of sp³-hybridized carbons (Fsp3) is 0.400. The Bertz CT molecular complexity index is 921. The summed E-state index contributed by atoms with van der Waals surface area (Å²) in [6, 6.07) is 5.35. The smallest absolute Gasteiger partial charge is 0.347 e. The molecule has 1 fully saturated rings. The molecule has 1 heterocycles. The van der Waals surface area contributed by atoms with Crippen LogP contribution in [0.2, 0.25) is 0 Å². The lowest BCUT2D eigenvalue weighted by Crippen LogP contribution is -2.25. The summed E-state index contributed by atoms with van der Waals surface area (Å²) in [7, 11) is 0. The van der Waals surface area contributed by atoms with Gasteiger partial charge >= 0.3 is 6.18 Å². The van der Waals surface area contributed by atoms with Crippen LogP contribution in [0.5, 0.6) is 0 Å². The van der Waals surface area contributed by atoms with Crippen LogP contribution in [0.4, 0.5) is 13.2 Å². The van der Waals surface area contributed by atoms with Gasteiger partial charge in [-0.05, 0) is 49.9 Å². The summed E-state index contributed by atoms with van der Waals surface area (Å²) in [5.74, 6) is -0.0958. The summed E-state index contributed by atoms with van der Waals surface area (Å²) in [5.41, 5.74) is 0.366. The first-order valence-corrected chi connectivity index (χ1v) is 8.96. The molecule has 1 aromatic carbocycles. The lowest BCUT2D eigenvalue weighted by molar-refractivity contribution is -0.138. The number of nitrogens with one attached hydrogen (secondary N) is 1. The number of nitrogens with zero attached hydrogens (tertiary/aromatic N) is 2. The highest BCUT2D eigenvalue weighted by Crippen LogP contribution is 2.33. The molecule has 3 rings (SSSR count). The topological polar surface area (TPSA) is 72.0 Å². The van der Waals surface area contributed by atoms with Gasteiger partial charge in [-0.1, -0.05) is 12.1 Å². The first kappa shape index (κ1) is 20.0. The van der Waals surface area contributed by atoms with Gasteiger partial charge in [-0.3, -0.25) is 9.59 Å². The Morgan fingerprint density at radius 1 is 1.18 bits per heavy atom. The van der Waals surface area contributed by atoms with E-state index in [1.54, 1.807) is 6.92 Å². The highest BCUT2D eigenvalue weighted by molar-refractivity contribution is 5.92. The van der Waals surface area contributed by atoms with Gasteiger partial charge in [0.05, 0.1) is 12.0 Å². The van der Waals surface area contributed by atoms with E-state index in [0.717, 1.165) is 18.9 Å². The average molecular weight is 391 g/mol. The molecule has 1 N–H and O–H groups in total. The van der Waals surface area contributed by atoms with Crippen molar-refractivity contribution in [2.75, 3.05) is 0 Å². The molecule has 1 amide bonds. The van der Waals surface area contributed by atoms with Crippen molar-refractivity contribution >= 4 is 11.7 Å². The van der Waals surface area contributed by atoms with Crippen molar-refractivity contribution in [3.8, 4) is 0 Å². The molecular formula is C20H20F3N3O2. The van der Waals surface area contributed by atoms with Crippen LogP contribution in [0, 0.1) is 19.8 Å². The van der Waals surface area contributed by atoms with Crippen LogP contribution in [0.3, 0.4) is 0 Å². The molecule has 1 saturated carbocycles. The third kappa shape index (κ3) is 4.74. The van der Waals surface area contributed by atoms with E-state index in [2.05, 4.69) is 15.3 Å². The van der Waals surface area contributed by atoms with Crippen molar-refractivity contribution in [3.63, 3.8) is 0 Å². The summed E-state index contributed by atoms with van der Waals surface area (Å²) >= 11 is 0. The minimum atomic E-state index is -4.45. The normalized spacial score (nSPS) is 14.0. The molecule has 0 atom stereocenters. The summed E-state index contributed by atoms with van der Waals surface area (Å²) in [6.45, 7) is 3.01. The molecule has 1 aliphatic carbocycles. The molecule has 8 heteroatoms. The van der Waals surface area contributed by atoms with Gasteiger partial charge in [0.2, 0.25) is 0 Å². The van der Waals surface area contributed by atoms with E-state index in [1.807, 2.05) is 0 Å². The molecule has 2 aromatic rings. The standard InChI is InChI=1S/C20H20F3N3O2/c1-11-8-16(26-18(25-11)9-17(27)13-6-7-13)19(28)24-10-14-4-3-5-15(12(14)2)20(21,22)23/h3-5,8,13H,6-7,9-10H2,1-2H3,(H,24,28). The van der Waals surface area contributed by atoms with Crippen LogP contribution in [-0.4, -0.2) is 21.7 Å². The van der Waals surface area contributed by atoms with Crippen LogP contribution in [0.25, 0.3) is 0 Å². The number of aryl methyl sites for hydroxylation is 1. The molecule has 1 aromatic heterocycles. The van der Waals surface area contributed by atoms with Crippen molar-refractivity contribution in [1.29, 1.82) is 0 Å². The zero-order valence-electron chi connectivity index (χ0n) is 15.6. The zero-order valence-corrected chi connectivity index (χ0v) is 15.6. The summed E-state index contributed by atoms with van der Waals surface area (Å²) in [6.07, 6.45) is -2.60. The highest BCUT2D eigenvalue weighted by atomic mass is 19.4. The molecule has 0 radical (unpaired) electrons. The Labute approximate surface area is 160 Å². The number of rotatable bonds is 6. The van der Waals surface area contributed by atoms with Gasteiger partial charge < -0.3 is 5.32 Å². The highest BCUT2D eigenvalue weighted by Gasteiger charge is 2.33. The monoisotopic (exact) mass is 391 g/mol. The number of alkyl halides is 3. The van der Waals surface area contributed by atoms with Crippen LogP contribution < -0.4 is 5.32 Å². The Balaban J connectivity index is 1.71. The number of carbonyl (C=O) groups is 2. The third-order valence-electron chi connectivity index (χ3n) is 4.69. The summed E-state index contributed by atoms with van der Waals surface area (Å²) in [5, 5.41) is 2.60. The predicted octanol–water partition coefficient (Wildman–Crippen LogP) is 3.56. The quantitative estimate of drug-likeness (QED) is 0.817. The van der Waals surface area contributed by atoms with E-state index < -0.39 is 17.6 Å². The fourth-order valence-corrected chi connectivity index (χ4v) is 2.98. The largest absolute Gasteiger partial charge is 0.416 e. The minimum Gasteiger partial charge on any atom is -0.347 e. The lowest BCUT2D eigenvalue weighted by Gasteiger charge is -2.14. The third-order valence-corrected chi connectivity index (χ3v) is 4.69. The van der Waals surface area contributed by atoms with Crippen LogP contribution in [-0.2, 0) is 23.9 Å². The molecule has 148 valence electrons. The Hall–Kier alpha value is -2.77. The summed E-state index contributed by atoms with van der Waals surface area (Å²) in [4.78, 5) is 32.7. The van der Waals surface area contributed by atoms with Gasteiger partial charge in [0.25, 0.3) is 5.91 Å². The van der Waals surface area contributed by atoms with Crippen molar-refractivity contribution in [1.82, 2.24) is 15.3 Å². The molecule has 0 aliphatic heterocycles. The lowest BCUT2D eigenvalue weighted by atomic mass is 10.0. The second-order valence-electron chi connectivity index (χ2n) is 7.00. The van der Waals surface area contributed by atoms with Crippen LogP contribution in [0.1, 0.15) is 51.5 Å². The number of amides is 1. The van der Waals surface area contributed by atoms with Crippen LogP contribution >= 0.6 is 0 Å². The number of halogens is 3. The van der Waals surface area contributed by atoms with Gasteiger partial charge in [0.1, 0.15) is 17.3 Å². The Morgan fingerprint density at radius 3 is 2.54 bits per heavy atom. The SMILES string of the molecule is Cc1cc(C(=O)NCc2cccc(C(F)(F)F)c2C)nc(CC(=O)C2CC2)n1. The molecular weight excluding hydrogens is 371 g/mol. The maximum absolute atomic E-state index is 13.0. The number of benzene rings is 1. The van der Waals surface area contributed by atoms with Crippen molar-refractivity contribution in [2.24, 2.45) is 5.92 Å². The first-order valence-electron chi connectivity index (χ1n) is 8.96. The summed E-state index contributed by atoms with van der Waals surface area (Å²) < 4.78 is 39.0. The minimum absolute atomic E-state index is 0.0615. The van der Waals surface area contributed by atoms with Gasteiger partial charge in [0, 0.05) is 18.2 Å². The number of ketones is 1. The van der Waals surface area contributed by atoms with E-state index in [0.29, 0.717) is 11.3 Å². The van der Waals surface area contributed by atoms with E-state index in [1.165, 1.54) is 25.1 Å². The zero-order chi connectivity index (χ0) is 20.5. The second-order valence-corrected chi connectivity index (χ2v) is 7.00. The molecule has 0 bridgehead atoms. The number of carbonyl (C=O) groups excluding carboxylic acids is 2. The average Bonchev–Trinajstić information content (AvgIpc) is 3.44. The number of hydrogen-bond donors (Lipinski definition) is 1. The molecule has 1 aliphatic rings. The van der Waals surface area contributed by atoms with Gasteiger partial charge in [0.15, 0.2) is 0 Å². The Kier molecular flexibility index (Phi) is 5.49. The molecule has 5 nitrogen and oxygen atoms in total. The van der Waals surface area contributed by atoms with Gasteiger partial charge in [-0.2, -0.15) is 13.2 Å². The van der Waals surface area contributed by atoms with Crippen molar-refractivity contribution < 1.29 is 22.8 Å². The number of Topliss-reactive ketones (excluding diaryl/α,β-unsaturated/α-hetero) is 1. The van der Waals surface area contributed by atoms with Crippen molar-refractivity contribution in [3.05, 3.63) is 58.2 Å². The van der Waals surface area contributed by atoms with Crippen molar-refractivity contribution in [2.45, 2.75) is 45.8 Å².